The minimum Gasteiger partial charge on any atom is -0.464 e. The van der Waals surface area contributed by atoms with Gasteiger partial charge in [0, 0.05) is 6.20 Å². The van der Waals surface area contributed by atoms with E-state index in [-0.39, 0.29) is 6.04 Å². The van der Waals surface area contributed by atoms with Gasteiger partial charge in [0.25, 0.3) is 0 Å². The van der Waals surface area contributed by atoms with Gasteiger partial charge in [0.1, 0.15) is 0 Å². The van der Waals surface area contributed by atoms with Crippen LogP contribution in [0.4, 0.5) is 4.79 Å². The summed E-state index contributed by atoms with van der Waals surface area (Å²) in [5.41, 5.74) is 2.68. The van der Waals surface area contributed by atoms with Crippen molar-refractivity contribution in [1.29, 1.82) is 0 Å². The van der Waals surface area contributed by atoms with Gasteiger partial charge in [-0.1, -0.05) is 0 Å². The Morgan fingerprint density at radius 1 is 1.64 bits per heavy atom. The number of nitrogens with one attached hydrogen (secondary N) is 1. The summed E-state index contributed by atoms with van der Waals surface area (Å²) < 4.78 is 0. The van der Waals surface area contributed by atoms with Crippen molar-refractivity contribution in [2.45, 2.75) is 18.9 Å². The second-order valence-electron chi connectivity index (χ2n) is 2.97. The molecule has 0 spiro atoms. The lowest BCUT2D eigenvalue weighted by atomic mass is 10.2. The summed E-state index contributed by atoms with van der Waals surface area (Å²) in [6.07, 6.45) is 5.01. The van der Waals surface area contributed by atoms with Crippen LogP contribution < -0.4 is 5.43 Å². The lowest BCUT2D eigenvalue weighted by molar-refractivity contribution is 0.118. The average molecular weight is 154 g/mol. The molecule has 4 heteroatoms. The number of hydrogen-bond donors (Lipinski definition) is 2. The van der Waals surface area contributed by atoms with Gasteiger partial charge in [-0.2, -0.15) is 0 Å². The van der Waals surface area contributed by atoms with Crippen LogP contribution in [0.1, 0.15) is 12.8 Å². The lowest BCUT2D eigenvalue weighted by Crippen LogP contribution is -2.42. The molecule has 0 bridgehead atoms. The van der Waals surface area contributed by atoms with Crippen molar-refractivity contribution in [3.8, 4) is 0 Å². The summed E-state index contributed by atoms with van der Waals surface area (Å²) in [4.78, 5) is 10.6. The predicted molar refractivity (Wildman–Crippen MR) is 38.7 cm³/mol. The Morgan fingerprint density at radius 3 is 2.91 bits per heavy atom. The topological polar surface area (TPSA) is 52.6 Å². The number of hydrazine groups is 1. The number of carbonyl (C=O) groups is 1. The number of rotatable bonds is 1. The molecule has 1 aliphatic carbocycles. The van der Waals surface area contributed by atoms with Gasteiger partial charge in [-0.05, 0) is 24.8 Å². The number of carboxylic acid groups (broad SMARTS) is 1. The molecule has 0 aromatic rings. The van der Waals surface area contributed by atoms with Gasteiger partial charge in [0.2, 0.25) is 0 Å². The molecule has 1 aliphatic heterocycles. The van der Waals surface area contributed by atoms with E-state index in [1.54, 1.807) is 6.20 Å². The van der Waals surface area contributed by atoms with Crippen LogP contribution in [0.25, 0.3) is 0 Å². The smallest absolute Gasteiger partial charge is 0.426 e. The molecular formula is C7H10N2O2. The highest BCUT2D eigenvalue weighted by molar-refractivity contribution is 5.66. The van der Waals surface area contributed by atoms with Crippen LogP contribution in [0.5, 0.6) is 0 Å². The summed E-state index contributed by atoms with van der Waals surface area (Å²) >= 11 is 0. The van der Waals surface area contributed by atoms with Gasteiger partial charge in [-0.25, -0.2) is 9.80 Å². The maximum absolute atomic E-state index is 10.6. The normalized spacial score (nSPS) is 28.7. The van der Waals surface area contributed by atoms with E-state index in [9.17, 15) is 4.79 Å². The maximum Gasteiger partial charge on any atom is 0.426 e. The van der Waals surface area contributed by atoms with Crippen LogP contribution in [0.2, 0.25) is 0 Å². The Bertz CT molecular complexity index is 210. The minimum atomic E-state index is -0.896. The highest BCUT2D eigenvalue weighted by atomic mass is 16.4. The predicted octanol–water partition coefficient (Wildman–Crippen LogP) is 0.777. The average Bonchev–Trinajstić information content (AvgIpc) is 2.68. The molecule has 60 valence electrons. The van der Waals surface area contributed by atoms with Crippen molar-refractivity contribution in [3.05, 3.63) is 12.3 Å². The molecule has 1 heterocycles. The Balaban J connectivity index is 2.05. The third kappa shape index (κ3) is 1.04. The molecule has 0 aromatic heterocycles. The summed E-state index contributed by atoms with van der Waals surface area (Å²) in [6.45, 7) is 0. The van der Waals surface area contributed by atoms with Gasteiger partial charge >= 0.3 is 6.09 Å². The van der Waals surface area contributed by atoms with Crippen LogP contribution in [-0.2, 0) is 0 Å². The molecule has 2 aliphatic rings. The summed E-state index contributed by atoms with van der Waals surface area (Å²) in [6, 6.07) is 0.0764. The van der Waals surface area contributed by atoms with Crippen LogP contribution in [-0.4, -0.2) is 22.3 Å². The van der Waals surface area contributed by atoms with Gasteiger partial charge in [0.15, 0.2) is 0 Å². The Labute approximate surface area is 64.5 Å². The Morgan fingerprint density at radius 2 is 2.36 bits per heavy atom. The van der Waals surface area contributed by atoms with Gasteiger partial charge in [0.05, 0.1) is 6.04 Å². The molecule has 1 unspecified atom stereocenters. The first kappa shape index (κ1) is 6.52. The van der Waals surface area contributed by atoms with E-state index in [1.165, 1.54) is 5.01 Å². The first-order valence-electron chi connectivity index (χ1n) is 3.74. The largest absolute Gasteiger partial charge is 0.464 e. The summed E-state index contributed by atoms with van der Waals surface area (Å²) in [7, 11) is 0. The van der Waals surface area contributed by atoms with E-state index in [1.807, 2.05) is 6.08 Å². The third-order valence-corrected chi connectivity index (χ3v) is 2.12. The first-order chi connectivity index (χ1) is 5.29. The van der Waals surface area contributed by atoms with E-state index in [4.69, 9.17) is 5.11 Å². The van der Waals surface area contributed by atoms with Crippen LogP contribution in [0.3, 0.4) is 0 Å². The molecule has 0 saturated heterocycles. The van der Waals surface area contributed by atoms with Crippen molar-refractivity contribution in [2.75, 3.05) is 0 Å². The summed E-state index contributed by atoms with van der Waals surface area (Å²) in [5, 5.41) is 9.95. The first-order valence-corrected chi connectivity index (χ1v) is 3.74. The van der Waals surface area contributed by atoms with Crippen molar-refractivity contribution in [2.24, 2.45) is 5.92 Å². The second-order valence-corrected chi connectivity index (χ2v) is 2.97. The highest BCUT2D eigenvalue weighted by Gasteiger charge is 2.37. The molecule has 1 amide bonds. The van der Waals surface area contributed by atoms with Crippen LogP contribution in [0.15, 0.2) is 12.3 Å². The molecule has 0 radical (unpaired) electrons. The molecule has 2 rings (SSSR count). The molecule has 2 N–H and O–H groups in total. The van der Waals surface area contributed by atoms with Gasteiger partial charge in [-0.3, -0.25) is 0 Å². The van der Waals surface area contributed by atoms with Gasteiger partial charge < -0.3 is 10.5 Å². The quantitative estimate of drug-likeness (QED) is 0.586. The molecule has 4 nitrogen and oxygen atoms in total. The number of amides is 1. The Kier molecular flexibility index (Phi) is 1.27. The molecule has 1 fully saturated rings. The zero-order valence-electron chi connectivity index (χ0n) is 6.03. The fourth-order valence-electron chi connectivity index (χ4n) is 1.38. The maximum atomic E-state index is 10.6. The standard InChI is InChI=1S/C7H10N2O2/c10-7(11)9-6(3-4-8-9)5-1-2-5/h3-6,8H,1-2H2,(H,10,11). The van der Waals surface area contributed by atoms with Crippen LogP contribution in [0, 0.1) is 5.92 Å². The zero-order chi connectivity index (χ0) is 7.84. The second kappa shape index (κ2) is 2.15. The van der Waals surface area contributed by atoms with E-state index < -0.39 is 6.09 Å². The van der Waals surface area contributed by atoms with Crippen LogP contribution >= 0.6 is 0 Å². The molecule has 0 aromatic carbocycles. The molecule has 1 atom stereocenters. The lowest BCUT2D eigenvalue weighted by Gasteiger charge is -2.20. The van der Waals surface area contributed by atoms with E-state index in [0.29, 0.717) is 5.92 Å². The van der Waals surface area contributed by atoms with E-state index in [2.05, 4.69) is 5.43 Å². The molecule has 1 saturated carbocycles. The van der Waals surface area contributed by atoms with E-state index in [0.717, 1.165) is 12.8 Å². The fourth-order valence-corrected chi connectivity index (χ4v) is 1.38. The number of hydrogen-bond acceptors (Lipinski definition) is 2. The molecular weight excluding hydrogens is 144 g/mol. The SMILES string of the molecule is O=C(O)N1NC=CC1C1CC1. The zero-order valence-corrected chi connectivity index (χ0v) is 6.03. The highest BCUT2D eigenvalue weighted by Crippen LogP contribution is 2.36. The molecule has 11 heavy (non-hydrogen) atoms. The van der Waals surface area contributed by atoms with Crippen molar-refractivity contribution in [1.82, 2.24) is 10.4 Å². The van der Waals surface area contributed by atoms with Crippen molar-refractivity contribution >= 4 is 6.09 Å². The third-order valence-electron chi connectivity index (χ3n) is 2.12. The summed E-state index contributed by atoms with van der Waals surface area (Å²) in [5.74, 6) is 0.553. The van der Waals surface area contributed by atoms with Crippen molar-refractivity contribution in [3.63, 3.8) is 0 Å². The van der Waals surface area contributed by atoms with Crippen molar-refractivity contribution < 1.29 is 9.90 Å². The Hall–Kier alpha value is -1.19. The minimum absolute atomic E-state index is 0.0764. The van der Waals surface area contributed by atoms with E-state index >= 15 is 0 Å². The fraction of sp³-hybridized carbons (Fsp3) is 0.571. The number of nitrogens with zero attached hydrogens (tertiary/aromatic N) is 1. The monoisotopic (exact) mass is 154 g/mol. The van der Waals surface area contributed by atoms with Gasteiger partial charge in [-0.15, -0.1) is 0 Å².